The van der Waals surface area contributed by atoms with Crippen LogP contribution in [-0.2, 0) is 0 Å². The molecule has 1 fully saturated rings. The molecule has 0 amide bonds. The molecule has 1 aliphatic rings. The molecule has 0 bridgehead atoms. The highest BCUT2D eigenvalue weighted by Crippen LogP contribution is 2.25. The maximum absolute atomic E-state index is 5.90. The minimum atomic E-state index is 0.517. The molecular weight excluding hydrogens is 258 g/mol. The standard InChI is InChI=1S/C15H18ClN3/c1-11(2)18-9-14(10-18)19-8-7-15(17-19)12-3-5-13(16)6-4-12/h3-8,11,14H,9-10H2,1-2H3. The summed E-state index contributed by atoms with van der Waals surface area (Å²) < 4.78 is 2.09. The largest absolute Gasteiger partial charge is 0.297 e. The highest BCUT2D eigenvalue weighted by molar-refractivity contribution is 6.30. The van der Waals surface area contributed by atoms with E-state index in [0.717, 1.165) is 29.4 Å². The molecule has 0 radical (unpaired) electrons. The van der Waals surface area contributed by atoms with Crippen molar-refractivity contribution in [1.29, 1.82) is 0 Å². The van der Waals surface area contributed by atoms with Gasteiger partial charge in [-0.25, -0.2) is 0 Å². The average molecular weight is 276 g/mol. The van der Waals surface area contributed by atoms with E-state index in [0.29, 0.717) is 12.1 Å². The maximum Gasteiger partial charge on any atom is 0.0923 e. The molecule has 3 rings (SSSR count). The SMILES string of the molecule is CC(C)N1CC(n2ccc(-c3ccc(Cl)cc3)n2)C1. The molecule has 0 aliphatic carbocycles. The third-order valence-corrected chi connectivity index (χ3v) is 4.00. The highest BCUT2D eigenvalue weighted by Gasteiger charge is 2.30. The lowest BCUT2D eigenvalue weighted by Crippen LogP contribution is -2.51. The molecule has 1 saturated heterocycles. The van der Waals surface area contributed by atoms with E-state index in [9.17, 15) is 0 Å². The molecule has 0 atom stereocenters. The summed E-state index contributed by atoms with van der Waals surface area (Å²) in [6, 6.07) is 11.0. The predicted octanol–water partition coefficient (Wildman–Crippen LogP) is 3.47. The number of aromatic nitrogens is 2. The topological polar surface area (TPSA) is 21.1 Å². The van der Waals surface area contributed by atoms with E-state index in [1.807, 2.05) is 24.3 Å². The van der Waals surface area contributed by atoms with E-state index in [1.54, 1.807) is 0 Å². The van der Waals surface area contributed by atoms with Crippen molar-refractivity contribution in [3.63, 3.8) is 0 Å². The molecule has 1 aliphatic heterocycles. The number of hydrogen-bond donors (Lipinski definition) is 0. The first-order valence-electron chi connectivity index (χ1n) is 6.68. The second-order valence-corrected chi connectivity index (χ2v) is 5.83. The molecule has 1 aromatic heterocycles. The van der Waals surface area contributed by atoms with Gasteiger partial charge in [0, 0.05) is 35.9 Å². The summed E-state index contributed by atoms with van der Waals surface area (Å²) in [5.41, 5.74) is 2.13. The van der Waals surface area contributed by atoms with E-state index in [1.165, 1.54) is 0 Å². The van der Waals surface area contributed by atoms with Gasteiger partial charge in [0.1, 0.15) is 0 Å². The van der Waals surface area contributed by atoms with Crippen molar-refractivity contribution < 1.29 is 0 Å². The third-order valence-electron chi connectivity index (χ3n) is 3.74. The van der Waals surface area contributed by atoms with Crippen LogP contribution in [0, 0.1) is 0 Å². The van der Waals surface area contributed by atoms with Crippen molar-refractivity contribution in [1.82, 2.24) is 14.7 Å². The van der Waals surface area contributed by atoms with E-state index in [4.69, 9.17) is 11.6 Å². The zero-order valence-electron chi connectivity index (χ0n) is 11.3. The normalized spacial score (nSPS) is 16.8. The van der Waals surface area contributed by atoms with Crippen LogP contribution >= 0.6 is 11.6 Å². The molecule has 4 heteroatoms. The Morgan fingerprint density at radius 3 is 2.47 bits per heavy atom. The molecule has 2 heterocycles. The number of rotatable bonds is 3. The smallest absolute Gasteiger partial charge is 0.0923 e. The van der Waals surface area contributed by atoms with Crippen molar-refractivity contribution in [3.8, 4) is 11.3 Å². The van der Waals surface area contributed by atoms with Crippen LogP contribution in [0.25, 0.3) is 11.3 Å². The molecule has 19 heavy (non-hydrogen) atoms. The third kappa shape index (κ3) is 2.53. The van der Waals surface area contributed by atoms with Gasteiger partial charge < -0.3 is 0 Å². The monoisotopic (exact) mass is 275 g/mol. The van der Waals surface area contributed by atoms with E-state index in [2.05, 4.69) is 40.8 Å². The van der Waals surface area contributed by atoms with Crippen LogP contribution in [-0.4, -0.2) is 33.8 Å². The van der Waals surface area contributed by atoms with Gasteiger partial charge >= 0.3 is 0 Å². The molecule has 0 spiro atoms. The maximum atomic E-state index is 5.90. The first-order valence-corrected chi connectivity index (χ1v) is 7.06. The van der Waals surface area contributed by atoms with Crippen molar-refractivity contribution >= 4 is 11.6 Å². The number of benzene rings is 1. The van der Waals surface area contributed by atoms with Gasteiger partial charge in [-0.2, -0.15) is 5.10 Å². The molecule has 2 aromatic rings. The van der Waals surface area contributed by atoms with Gasteiger partial charge in [-0.3, -0.25) is 9.58 Å². The van der Waals surface area contributed by atoms with E-state index >= 15 is 0 Å². The Bertz CT molecular complexity index is 553. The fourth-order valence-corrected chi connectivity index (χ4v) is 2.52. The summed E-state index contributed by atoms with van der Waals surface area (Å²) in [6.45, 7) is 6.66. The lowest BCUT2D eigenvalue weighted by molar-refractivity contribution is 0.0676. The Morgan fingerprint density at radius 2 is 1.84 bits per heavy atom. The number of likely N-dealkylation sites (tertiary alicyclic amines) is 1. The lowest BCUT2D eigenvalue weighted by Gasteiger charge is -2.41. The summed E-state index contributed by atoms with van der Waals surface area (Å²) in [6.07, 6.45) is 2.08. The summed E-state index contributed by atoms with van der Waals surface area (Å²) in [5, 5.41) is 5.43. The van der Waals surface area contributed by atoms with Crippen LogP contribution in [0.4, 0.5) is 0 Å². The molecule has 0 N–H and O–H groups in total. The molecule has 1 aromatic carbocycles. The van der Waals surface area contributed by atoms with Crippen LogP contribution < -0.4 is 0 Å². The zero-order chi connectivity index (χ0) is 13.4. The Morgan fingerprint density at radius 1 is 1.16 bits per heavy atom. The number of hydrogen-bond acceptors (Lipinski definition) is 2. The van der Waals surface area contributed by atoms with Crippen LogP contribution in [0.2, 0.25) is 5.02 Å². The Labute approximate surface area is 118 Å². The van der Waals surface area contributed by atoms with Crippen LogP contribution in [0.15, 0.2) is 36.5 Å². The van der Waals surface area contributed by atoms with Gasteiger partial charge in [-0.05, 0) is 32.0 Å². The summed E-state index contributed by atoms with van der Waals surface area (Å²) >= 11 is 5.90. The summed E-state index contributed by atoms with van der Waals surface area (Å²) in [5.74, 6) is 0. The van der Waals surface area contributed by atoms with E-state index < -0.39 is 0 Å². The van der Waals surface area contributed by atoms with Gasteiger partial charge in [0.05, 0.1) is 11.7 Å². The highest BCUT2D eigenvalue weighted by atomic mass is 35.5. The van der Waals surface area contributed by atoms with E-state index in [-0.39, 0.29) is 0 Å². The predicted molar refractivity (Wildman–Crippen MR) is 78.4 cm³/mol. The minimum Gasteiger partial charge on any atom is -0.297 e. The zero-order valence-corrected chi connectivity index (χ0v) is 12.0. The van der Waals surface area contributed by atoms with Gasteiger partial charge in [-0.15, -0.1) is 0 Å². The van der Waals surface area contributed by atoms with Gasteiger partial charge in [0.15, 0.2) is 0 Å². The number of halogens is 1. The van der Waals surface area contributed by atoms with Gasteiger partial charge in [0.25, 0.3) is 0 Å². The molecular formula is C15H18ClN3. The molecule has 0 saturated carbocycles. The minimum absolute atomic E-state index is 0.517. The Kier molecular flexibility index (Phi) is 3.33. The molecule has 100 valence electrons. The van der Waals surface area contributed by atoms with Crippen LogP contribution in [0.5, 0.6) is 0 Å². The van der Waals surface area contributed by atoms with Crippen molar-refractivity contribution in [2.75, 3.05) is 13.1 Å². The summed E-state index contributed by atoms with van der Waals surface area (Å²) in [7, 11) is 0. The quantitative estimate of drug-likeness (QED) is 0.855. The van der Waals surface area contributed by atoms with Gasteiger partial charge in [0.2, 0.25) is 0 Å². The van der Waals surface area contributed by atoms with Crippen LogP contribution in [0.3, 0.4) is 0 Å². The Hall–Kier alpha value is -1.32. The fraction of sp³-hybridized carbons (Fsp3) is 0.400. The summed E-state index contributed by atoms with van der Waals surface area (Å²) in [4.78, 5) is 2.45. The van der Waals surface area contributed by atoms with Crippen molar-refractivity contribution in [2.24, 2.45) is 0 Å². The Balaban J connectivity index is 1.72. The number of nitrogens with zero attached hydrogens (tertiary/aromatic N) is 3. The van der Waals surface area contributed by atoms with Crippen molar-refractivity contribution in [3.05, 3.63) is 41.6 Å². The van der Waals surface area contributed by atoms with Crippen molar-refractivity contribution in [2.45, 2.75) is 25.9 Å². The second kappa shape index (κ2) is 4.99. The average Bonchev–Trinajstić information content (AvgIpc) is 2.77. The second-order valence-electron chi connectivity index (χ2n) is 5.39. The first-order chi connectivity index (χ1) is 9.13. The lowest BCUT2D eigenvalue weighted by atomic mass is 10.1. The van der Waals surface area contributed by atoms with Crippen LogP contribution in [0.1, 0.15) is 19.9 Å². The molecule has 0 unspecified atom stereocenters. The fourth-order valence-electron chi connectivity index (χ4n) is 2.39. The van der Waals surface area contributed by atoms with Gasteiger partial charge in [-0.1, -0.05) is 23.7 Å². The first kappa shape index (κ1) is 12.7. The molecule has 3 nitrogen and oxygen atoms in total.